The normalized spacial score (nSPS) is 19.1. The highest BCUT2D eigenvalue weighted by atomic mass is 35.5. The van der Waals surface area contributed by atoms with Crippen LogP contribution < -0.4 is 5.73 Å². The first kappa shape index (κ1) is 19.0. The van der Waals surface area contributed by atoms with E-state index in [1.165, 1.54) is 27.1 Å². The Labute approximate surface area is 136 Å². The van der Waals surface area contributed by atoms with Gasteiger partial charge in [-0.2, -0.15) is 0 Å². The standard InChI is InChI=1S/C13H21N3O4S.ClH/c1-9-12(21(18,19)15(2)3)7-11(20-9)13(17)16-6-4-5-10(14)8-16;/h7,10H,4-6,8,14H2,1-3H3;1H. The summed E-state index contributed by atoms with van der Waals surface area (Å²) in [6, 6.07) is 1.26. The highest BCUT2D eigenvalue weighted by molar-refractivity contribution is 7.89. The molecule has 2 heterocycles. The van der Waals surface area contributed by atoms with Crippen LogP contribution in [0.25, 0.3) is 0 Å². The fourth-order valence-electron chi connectivity index (χ4n) is 2.37. The molecule has 2 rings (SSSR count). The first-order valence-corrected chi connectivity index (χ1v) is 8.25. The molecule has 0 spiro atoms. The van der Waals surface area contributed by atoms with Crippen molar-refractivity contribution in [3.63, 3.8) is 0 Å². The minimum atomic E-state index is -3.62. The third kappa shape index (κ3) is 3.62. The minimum Gasteiger partial charge on any atom is -0.455 e. The summed E-state index contributed by atoms with van der Waals surface area (Å²) >= 11 is 0. The fourth-order valence-corrected chi connectivity index (χ4v) is 3.43. The first-order valence-electron chi connectivity index (χ1n) is 6.81. The van der Waals surface area contributed by atoms with Crippen LogP contribution in [-0.4, -0.2) is 56.8 Å². The monoisotopic (exact) mass is 351 g/mol. The second kappa shape index (κ2) is 6.99. The molecule has 1 atom stereocenters. The molecule has 0 bridgehead atoms. The topological polar surface area (TPSA) is 96.8 Å². The molecule has 126 valence electrons. The van der Waals surface area contributed by atoms with Crippen LogP contribution in [-0.2, 0) is 10.0 Å². The lowest BCUT2D eigenvalue weighted by molar-refractivity contribution is 0.0675. The Morgan fingerprint density at radius 3 is 2.64 bits per heavy atom. The fraction of sp³-hybridized carbons (Fsp3) is 0.615. The van der Waals surface area contributed by atoms with Crippen molar-refractivity contribution in [2.45, 2.75) is 30.7 Å². The summed E-state index contributed by atoms with van der Waals surface area (Å²) in [5.74, 6) is -0.0520. The Hall–Kier alpha value is -1.09. The smallest absolute Gasteiger partial charge is 0.289 e. The van der Waals surface area contributed by atoms with Crippen LogP contribution in [0.3, 0.4) is 0 Å². The second-order valence-electron chi connectivity index (χ2n) is 5.47. The third-order valence-corrected chi connectivity index (χ3v) is 5.51. The van der Waals surface area contributed by atoms with E-state index >= 15 is 0 Å². The summed E-state index contributed by atoms with van der Waals surface area (Å²) < 4.78 is 30.7. The molecule has 1 unspecified atom stereocenters. The van der Waals surface area contributed by atoms with Crippen molar-refractivity contribution in [3.8, 4) is 0 Å². The molecule has 0 radical (unpaired) electrons. The van der Waals surface area contributed by atoms with Gasteiger partial charge in [0.15, 0.2) is 5.76 Å². The zero-order valence-electron chi connectivity index (χ0n) is 12.9. The number of furan rings is 1. The van der Waals surface area contributed by atoms with Gasteiger partial charge >= 0.3 is 0 Å². The lowest BCUT2D eigenvalue weighted by atomic mass is 10.1. The lowest BCUT2D eigenvalue weighted by Crippen LogP contribution is -2.45. The van der Waals surface area contributed by atoms with Crippen molar-refractivity contribution in [1.29, 1.82) is 0 Å². The molecule has 1 amide bonds. The van der Waals surface area contributed by atoms with E-state index < -0.39 is 10.0 Å². The van der Waals surface area contributed by atoms with Gasteiger partial charge in [-0.05, 0) is 19.8 Å². The van der Waals surface area contributed by atoms with Crippen molar-refractivity contribution < 1.29 is 17.6 Å². The van der Waals surface area contributed by atoms with Gasteiger partial charge in [0.2, 0.25) is 10.0 Å². The van der Waals surface area contributed by atoms with E-state index in [9.17, 15) is 13.2 Å². The maximum Gasteiger partial charge on any atom is 0.289 e. The van der Waals surface area contributed by atoms with Crippen LogP contribution in [0.1, 0.15) is 29.2 Å². The molecule has 2 N–H and O–H groups in total. The number of likely N-dealkylation sites (tertiary alicyclic amines) is 1. The predicted molar refractivity (Wildman–Crippen MR) is 84.7 cm³/mol. The SMILES string of the molecule is Cc1oc(C(=O)N2CCCC(N)C2)cc1S(=O)(=O)N(C)C.Cl. The molecule has 1 aromatic heterocycles. The number of amides is 1. The number of nitrogens with zero attached hydrogens (tertiary/aromatic N) is 2. The summed E-state index contributed by atoms with van der Waals surface area (Å²) in [4.78, 5) is 14.0. The molecule has 9 heteroatoms. The van der Waals surface area contributed by atoms with Gasteiger partial charge in [0, 0.05) is 39.3 Å². The maximum absolute atomic E-state index is 12.4. The number of carbonyl (C=O) groups is 1. The molecule has 1 aliphatic heterocycles. The highest BCUT2D eigenvalue weighted by Gasteiger charge is 2.29. The van der Waals surface area contributed by atoms with Crippen molar-refractivity contribution in [2.75, 3.05) is 27.2 Å². The van der Waals surface area contributed by atoms with Gasteiger partial charge in [0.05, 0.1) is 0 Å². The number of halogens is 1. The van der Waals surface area contributed by atoms with Gasteiger partial charge in [-0.3, -0.25) is 4.79 Å². The average Bonchev–Trinajstić information content (AvgIpc) is 2.80. The predicted octanol–water partition coefficient (Wildman–Crippen LogP) is 0.823. The summed E-state index contributed by atoms with van der Waals surface area (Å²) in [6.45, 7) is 2.62. The van der Waals surface area contributed by atoms with Crippen LogP contribution in [0.5, 0.6) is 0 Å². The van der Waals surface area contributed by atoms with Gasteiger partial charge in [-0.1, -0.05) is 0 Å². The number of sulfonamides is 1. The molecule has 22 heavy (non-hydrogen) atoms. The van der Waals surface area contributed by atoms with E-state index in [1.54, 1.807) is 4.90 Å². The van der Waals surface area contributed by atoms with E-state index in [-0.39, 0.29) is 40.8 Å². The molecule has 7 nitrogen and oxygen atoms in total. The number of rotatable bonds is 3. The highest BCUT2D eigenvalue weighted by Crippen LogP contribution is 2.24. The second-order valence-corrected chi connectivity index (χ2v) is 7.59. The lowest BCUT2D eigenvalue weighted by Gasteiger charge is -2.29. The summed E-state index contributed by atoms with van der Waals surface area (Å²) in [5, 5.41) is 0. The van der Waals surface area contributed by atoms with Crippen molar-refractivity contribution in [2.24, 2.45) is 5.73 Å². The molecule has 1 aromatic rings. The van der Waals surface area contributed by atoms with E-state index in [0.717, 1.165) is 17.1 Å². The summed E-state index contributed by atoms with van der Waals surface area (Å²) in [7, 11) is -0.743. The number of aryl methyl sites for hydroxylation is 1. The average molecular weight is 352 g/mol. The minimum absolute atomic E-state index is 0. The Morgan fingerprint density at radius 1 is 1.45 bits per heavy atom. The van der Waals surface area contributed by atoms with Crippen molar-refractivity contribution in [1.82, 2.24) is 9.21 Å². The first-order chi connectivity index (χ1) is 9.73. The molecule has 1 aliphatic rings. The van der Waals surface area contributed by atoms with Gasteiger partial charge in [-0.25, -0.2) is 12.7 Å². The van der Waals surface area contributed by atoms with Crippen LogP contribution >= 0.6 is 12.4 Å². The zero-order chi connectivity index (χ0) is 15.8. The van der Waals surface area contributed by atoms with Crippen LogP contribution in [0.2, 0.25) is 0 Å². The Balaban J connectivity index is 0.00000242. The molecule has 0 aromatic carbocycles. The molecule has 1 saturated heterocycles. The van der Waals surface area contributed by atoms with Crippen LogP contribution in [0.15, 0.2) is 15.4 Å². The Kier molecular flexibility index (Phi) is 6.03. The van der Waals surface area contributed by atoms with E-state index in [2.05, 4.69) is 0 Å². The molecule has 0 aliphatic carbocycles. The van der Waals surface area contributed by atoms with Crippen molar-refractivity contribution >= 4 is 28.3 Å². The molecule has 0 saturated carbocycles. The van der Waals surface area contributed by atoms with Crippen LogP contribution in [0.4, 0.5) is 0 Å². The number of carbonyl (C=O) groups excluding carboxylic acids is 1. The van der Waals surface area contributed by atoms with Crippen LogP contribution in [0, 0.1) is 6.92 Å². The Bertz CT molecular complexity index is 642. The number of hydrogen-bond acceptors (Lipinski definition) is 5. The largest absolute Gasteiger partial charge is 0.455 e. The summed E-state index contributed by atoms with van der Waals surface area (Å²) in [6.07, 6.45) is 1.73. The third-order valence-electron chi connectivity index (χ3n) is 3.59. The molecule has 1 fully saturated rings. The van der Waals surface area contributed by atoms with Crippen molar-refractivity contribution in [3.05, 3.63) is 17.6 Å². The molecular formula is C13H22ClN3O4S. The van der Waals surface area contributed by atoms with E-state index in [0.29, 0.717) is 13.1 Å². The number of hydrogen-bond donors (Lipinski definition) is 1. The quantitative estimate of drug-likeness (QED) is 0.869. The maximum atomic E-state index is 12.4. The van der Waals surface area contributed by atoms with Gasteiger partial charge in [0.1, 0.15) is 10.7 Å². The van der Waals surface area contributed by atoms with Gasteiger partial charge in [0.25, 0.3) is 5.91 Å². The van der Waals surface area contributed by atoms with Gasteiger partial charge < -0.3 is 15.1 Å². The van der Waals surface area contributed by atoms with E-state index in [4.69, 9.17) is 10.2 Å². The summed E-state index contributed by atoms with van der Waals surface area (Å²) in [5.41, 5.74) is 5.86. The zero-order valence-corrected chi connectivity index (χ0v) is 14.5. The molecular weight excluding hydrogens is 330 g/mol. The van der Waals surface area contributed by atoms with E-state index in [1.807, 2.05) is 0 Å². The van der Waals surface area contributed by atoms with Gasteiger partial charge in [-0.15, -0.1) is 12.4 Å². The number of piperidine rings is 1. The number of nitrogens with two attached hydrogens (primary N) is 1. The Morgan fingerprint density at radius 2 is 2.09 bits per heavy atom.